The maximum absolute atomic E-state index is 7.50. The summed E-state index contributed by atoms with van der Waals surface area (Å²) in [5, 5.41) is 3.60. The molecule has 99 heavy (non-hydrogen) atoms. The number of hydrogen-bond donors (Lipinski definition) is 0. The first kappa shape index (κ1) is 62.4. The molecular formula is C93H84BN3OS. The van der Waals surface area contributed by atoms with Crippen molar-refractivity contribution in [3.63, 3.8) is 0 Å². The molecule has 0 saturated heterocycles. The van der Waals surface area contributed by atoms with Crippen LogP contribution in [0.1, 0.15) is 130 Å². The van der Waals surface area contributed by atoms with Crippen molar-refractivity contribution in [1.29, 1.82) is 0 Å². The van der Waals surface area contributed by atoms with Crippen LogP contribution in [0.5, 0.6) is 0 Å². The highest BCUT2D eigenvalue weighted by molar-refractivity contribution is 7.26. The first-order valence-electron chi connectivity index (χ1n) is 35.3. The molecule has 2 aliphatic heterocycles. The summed E-state index contributed by atoms with van der Waals surface area (Å²) in [6, 6.07) is 97.2. The van der Waals surface area contributed by atoms with Gasteiger partial charge in [0.1, 0.15) is 11.3 Å². The van der Waals surface area contributed by atoms with Crippen LogP contribution in [-0.2, 0) is 27.1 Å². The van der Waals surface area contributed by atoms with Crippen LogP contribution in [0.15, 0.2) is 259 Å². The lowest BCUT2D eigenvalue weighted by molar-refractivity contribution is 0.590. The Balaban J connectivity index is 0.975. The highest BCUT2D eigenvalue weighted by Crippen LogP contribution is 2.59. The lowest BCUT2D eigenvalue weighted by atomic mass is 9.43. The number of thiophene rings is 1. The minimum Gasteiger partial charge on any atom is -0.455 e. The van der Waals surface area contributed by atoms with Gasteiger partial charge < -0.3 is 19.0 Å². The van der Waals surface area contributed by atoms with Gasteiger partial charge in [-0.15, -0.1) is 11.3 Å². The summed E-state index contributed by atoms with van der Waals surface area (Å²) in [6.45, 7) is 32.3. The summed E-state index contributed by atoms with van der Waals surface area (Å²) in [5.41, 5.74) is 30.4. The van der Waals surface area contributed by atoms with Crippen LogP contribution in [0.3, 0.4) is 0 Å². The van der Waals surface area contributed by atoms with Gasteiger partial charge in [0.05, 0.1) is 16.1 Å². The molecule has 4 nitrogen and oxygen atoms in total. The minimum absolute atomic E-state index is 0.0210. The van der Waals surface area contributed by atoms with Crippen molar-refractivity contribution in [3.8, 4) is 55.8 Å². The summed E-state index contributed by atoms with van der Waals surface area (Å²) >= 11 is 1.92. The number of hydrogen-bond acceptors (Lipinski definition) is 5. The van der Waals surface area contributed by atoms with Crippen LogP contribution in [0.2, 0.25) is 0 Å². The Morgan fingerprint density at radius 1 is 0.394 bits per heavy atom. The third-order valence-corrected chi connectivity index (χ3v) is 22.9. The van der Waals surface area contributed by atoms with Crippen molar-refractivity contribution < 1.29 is 4.42 Å². The smallest absolute Gasteiger partial charge is 0.333 e. The molecule has 0 unspecified atom stereocenters. The molecule has 4 heterocycles. The van der Waals surface area contributed by atoms with Crippen molar-refractivity contribution in [2.24, 2.45) is 0 Å². The molecule has 0 N–H and O–H groups in total. The number of fused-ring (bicyclic) bond motifs is 12. The Kier molecular flexibility index (Phi) is 14.1. The second-order valence-corrected chi connectivity index (χ2v) is 33.6. The highest BCUT2D eigenvalue weighted by Gasteiger charge is 2.49. The van der Waals surface area contributed by atoms with Crippen LogP contribution in [0.4, 0.5) is 45.5 Å². The van der Waals surface area contributed by atoms with Crippen molar-refractivity contribution in [2.75, 3.05) is 14.6 Å². The van der Waals surface area contributed by atoms with Gasteiger partial charge in [-0.2, -0.15) is 0 Å². The van der Waals surface area contributed by atoms with E-state index in [0.29, 0.717) is 0 Å². The van der Waals surface area contributed by atoms with Gasteiger partial charge in [0.2, 0.25) is 0 Å². The second-order valence-electron chi connectivity index (χ2n) is 32.6. The molecule has 3 aliphatic rings. The van der Waals surface area contributed by atoms with E-state index in [-0.39, 0.29) is 28.5 Å². The molecular weight excluding hydrogens is 1220 g/mol. The molecule has 0 saturated carbocycles. The van der Waals surface area contributed by atoms with Crippen LogP contribution in [0.25, 0.3) is 87.0 Å². The number of furan rings is 1. The fourth-order valence-corrected chi connectivity index (χ4v) is 17.4. The van der Waals surface area contributed by atoms with E-state index in [1.165, 1.54) is 109 Å². The van der Waals surface area contributed by atoms with E-state index in [4.69, 9.17) is 4.42 Å². The zero-order valence-electron chi connectivity index (χ0n) is 59.5. The molecule has 12 aromatic carbocycles. The van der Waals surface area contributed by atoms with Crippen LogP contribution >= 0.6 is 11.3 Å². The van der Waals surface area contributed by atoms with Gasteiger partial charge in [-0.1, -0.05) is 255 Å². The van der Waals surface area contributed by atoms with E-state index >= 15 is 0 Å². The minimum atomic E-state index is -0.398. The largest absolute Gasteiger partial charge is 0.455 e. The van der Waals surface area contributed by atoms with E-state index in [9.17, 15) is 0 Å². The summed E-state index contributed by atoms with van der Waals surface area (Å²) in [5.74, 6) is 0.861. The average Bonchev–Trinajstić information content (AvgIpc) is 1.67. The molecule has 1 aliphatic carbocycles. The SMILES string of the molecule is CC(C)(C)c1ccc(N2B3c4cc5oc(-c6ccccc6)c(-c6ccccc6)c5cc4N(c4ccc(C(C)(C)C)cc4-c4ccccc4)c4c3c(cc3c4sc4ccccc43)-c3cc4c(cc32)C(C)(C)c2cc(N(c3ccc(C(C)(C)C)cc3)c3ccc(C(C)(C)C)cc3)ccc2-4)cc1. The molecule has 14 aromatic rings. The molecule has 6 heteroatoms. The normalized spacial score (nSPS) is 14.0. The Morgan fingerprint density at radius 2 is 0.929 bits per heavy atom. The Labute approximate surface area is 589 Å². The lowest BCUT2D eigenvalue weighted by Crippen LogP contribution is -2.61. The quantitative estimate of drug-likeness (QED) is 0.141. The van der Waals surface area contributed by atoms with E-state index in [2.05, 4.69) is 366 Å². The number of benzene rings is 12. The fraction of sp³-hybridized carbons (Fsp3) is 0.204. The van der Waals surface area contributed by atoms with E-state index in [1.54, 1.807) is 0 Å². The molecule has 0 fully saturated rings. The Hall–Kier alpha value is -10.1. The summed E-state index contributed by atoms with van der Waals surface area (Å²) in [4.78, 5) is 7.88. The molecule has 0 atom stereocenters. The first-order valence-corrected chi connectivity index (χ1v) is 36.1. The molecule has 17 rings (SSSR count). The number of anilines is 8. The van der Waals surface area contributed by atoms with Crippen molar-refractivity contribution >= 4 is 106 Å². The third kappa shape index (κ3) is 10.1. The van der Waals surface area contributed by atoms with Gasteiger partial charge in [0.15, 0.2) is 0 Å². The average molecular weight is 1300 g/mol. The maximum Gasteiger partial charge on any atom is 0.333 e. The molecule has 0 bridgehead atoms. The molecule has 2 aromatic heterocycles. The summed E-state index contributed by atoms with van der Waals surface area (Å²) in [7, 11) is 0. The lowest BCUT2D eigenvalue weighted by Gasteiger charge is -2.46. The molecule has 0 amide bonds. The standard InChI is InChI=1S/C93H84BN3OS/c1-89(2,3)60-34-41-64(42-35-60)95(65-43-36-61(37-44-65)90(4,5)6)67-47-48-68-71-52-72-73-53-74-69-32-24-25-33-83(69)99-88(74)86-85(73)94(97(66-45-38-62(39-46-66)91(7,8)9)80(72)55-77(71)93(13,14)76(68)51-67)78-56-82-75(84(58-28-20-16-21-29-58)87(98-82)59-30-22-17-23-31-59)54-81(78)96(86)79-49-40-63(92(10,11)12)50-70(79)57-26-18-15-19-27-57/h15-56H,1-14H3. The monoisotopic (exact) mass is 1300 g/mol. The van der Waals surface area contributed by atoms with Gasteiger partial charge in [-0.25, -0.2) is 0 Å². The van der Waals surface area contributed by atoms with Crippen LogP contribution < -0.4 is 25.5 Å². The third-order valence-electron chi connectivity index (χ3n) is 21.7. The topological polar surface area (TPSA) is 22.9 Å². The van der Waals surface area contributed by atoms with Crippen molar-refractivity contribution in [2.45, 2.75) is 124 Å². The van der Waals surface area contributed by atoms with Gasteiger partial charge in [0.25, 0.3) is 0 Å². The predicted octanol–water partition coefficient (Wildman–Crippen LogP) is 25.5. The second kappa shape index (κ2) is 22.4. The predicted molar refractivity (Wildman–Crippen MR) is 426 cm³/mol. The highest BCUT2D eigenvalue weighted by atomic mass is 32.1. The van der Waals surface area contributed by atoms with Crippen molar-refractivity contribution in [1.82, 2.24) is 0 Å². The number of rotatable bonds is 8. The zero-order valence-corrected chi connectivity index (χ0v) is 60.3. The number of nitrogens with zero attached hydrogens (tertiary/aromatic N) is 3. The summed E-state index contributed by atoms with van der Waals surface area (Å²) in [6.07, 6.45) is 0. The van der Waals surface area contributed by atoms with E-state index in [1.807, 2.05) is 11.3 Å². The Bertz CT molecular complexity index is 5480. The van der Waals surface area contributed by atoms with E-state index in [0.717, 1.165) is 67.5 Å². The van der Waals surface area contributed by atoms with Gasteiger partial charge >= 0.3 is 6.85 Å². The maximum atomic E-state index is 7.50. The first-order chi connectivity index (χ1) is 47.4. The summed E-state index contributed by atoms with van der Waals surface area (Å²) < 4.78 is 10.0. The molecule has 0 radical (unpaired) electrons. The fourth-order valence-electron chi connectivity index (χ4n) is 16.2. The van der Waals surface area contributed by atoms with Gasteiger partial charge in [0, 0.05) is 82.7 Å². The Morgan fingerprint density at radius 3 is 1.54 bits per heavy atom. The van der Waals surface area contributed by atoms with E-state index < -0.39 is 5.41 Å². The molecule has 486 valence electrons. The van der Waals surface area contributed by atoms with Gasteiger partial charge in [-0.3, -0.25) is 0 Å². The van der Waals surface area contributed by atoms with Gasteiger partial charge in [-0.05, 0) is 191 Å². The molecule has 0 spiro atoms. The van der Waals surface area contributed by atoms with Crippen LogP contribution in [-0.4, -0.2) is 6.85 Å². The zero-order chi connectivity index (χ0) is 68.4. The van der Waals surface area contributed by atoms with Crippen LogP contribution in [0, 0.1) is 0 Å². The van der Waals surface area contributed by atoms with Crippen molar-refractivity contribution in [3.05, 3.63) is 288 Å².